The van der Waals surface area contributed by atoms with Gasteiger partial charge in [0.25, 0.3) is 5.69 Å². The third-order valence-corrected chi connectivity index (χ3v) is 4.61. The van der Waals surface area contributed by atoms with Crippen molar-refractivity contribution in [2.24, 2.45) is 5.10 Å². The van der Waals surface area contributed by atoms with E-state index in [-0.39, 0.29) is 18.9 Å². The zero-order valence-electron chi connectivity index (χ0n) is 16.7. The van der Waals surface area contributed by atoms with Gasteiger partial charge in [-0.2, -0.15) is 18.3 Å². The van der Waals surface area contributed by atoms with Gasteiger partial charge in [-0.15, -0.1) is 0 Å². The van der Waals surface area contributed by atoms with Crippen molar-refractivity contribution in [3.05, 3.63) is 55.1 Å². The molecule has 0 aliphatic carbocycles. The van der Waals surface area contributed by atoms with Crippen LogP contribution in [0.2, 0.25) is 0 Å². The van der Waals surface area contributed by atoms with E-state index >= 15 is 0 Å². The lowest BCUT2D eigenvalue weighted by Gasteiger charge is -2.13. The number of rotatable bonds is 9. The van der Waals surface area contributed by atoms with E-state index in [4.69, 9.17) is 14.2 Å². The smallest absolute Gasteiger partial charge is 0.416 e. The minimum Gasteiger partial charge on any atom is -0.493 e. The van der Waals surface area contributed by atoms with Gasteiger partial charge in [0, 0.05) is 6.07 Å². The molecule has 0 radical (unpaired) electrons. The van der Waals surface area contributed by atoms with E-state index in [1.165, 1.54) is 19.4 Å². The van der Waals surface area contributed by atoms with Crippen LogP contribution in [0.3, 0.4) is 0 Å². The van der Waals surface area contributed by atoms with Crippen molar-refractivity contribution in [2.75, 3.05) is 25.7 Å². The molecule has 0 heterocycles. The number of methoxy groups -OCH3 is 1. The van der Waals surface area contributed by atoms with Gasteiger partial charge in [-0.05, 0) is 59.3 Å². The summed E-state index contributed by atoms with van der Waals surface area (Å²) in [4.78, 5) is 21.7. The summed E-state index contributed by atoms with van der Waals surface area (Å²) in [6.07, 6.45) is -3.42. The number of anilines is 1. The number of nitrogens with zero attached hydrogens (tertiary/aromatic N) is 2. The predicted octanol–water partition coefficient (Wildman–Crippen LogP) is 4.61. The van der Waals surface area contributed by atoms with Gasteiger partial charge >= 0.3 is 12.1 Å². The van der Waals surface area contributed by atoms with Crippen molar-refractivity contribution >= 4 is 46.1 Å². The lowest BCUT2D eigenvalue weighted by Crippen LogP contribution is -2.15. The number of ether oxygens (including phenoxy) is 3. The maximum Gasteiger partial charge on any atom is 0.416 e. The van der Waals surface area contributed by atoms with Crippen LogP contribution in [0.4, 0.5) is 24.5 Å². The monoisotopic (exact) mass is 567 g/mol. The van der Waals surface area contributed by atoms with Crippen molar-refractivity contribution < 1.29 is 37.1 Å². The Balaban J connectivity index is 2.21. The van der Waals surface area contributed by atoms with E-state index < -0.39 is 28.3 Å². The number of halogens is 4. The summed E-state index contributed by atoms with van der Waals surface area (Å²) < 4.78 is 54.5. The van der Waals surface area contributed by atoms with E-state index in [0.29, 0.717) is 32.8 Å². The number of nitrogens with one attached hydrogen (secondary N) is 1. The van der Waals surface area contributed by atoms with Gasteiger partial charge in [0.15, 0.2) is 18.1 Å². The molecule has 2 rings (SSSR count). The second-order valence-electron chi connectivity index (χ2n) is 5.98. The molecule has 0 saturated heterocycles. The Morgan fingerprint density at radius 3 is 2.62 bits per heavy atom. The maximum atomic E-state index is 12.8. The number of hydrazone groups is 1. The van der Waals surface area contributed by atoms with Gasteiger partial charge in [0.05, 0.1) is 34.0 Å². The maximum absolute atomic E-state index is 12.8. The molecule has 0 unspecified atom stereocenters. The minimum absolute atomic E-state index is 0.213. The highest BCUT2D eigenvalue weighted by molar-refractivity contribution is 14.1. The molecule has 0 saturated carbocycles. The van der Waals surface area contributed by atoms with Crippen LogP contribution in [-0.2, 0) is 15.7 Å². The highest BCUT2D eigenvalue weighted by Crippen LogP contribution is 2.35. The van der Waals surface area contributed by atoms with E-state index in [9.17, 15) is 28.1 Å². The molecule has 2 aromatic carbocycles. The molecule has 1 N–H and O–H groups in total. The molecule has 13 heteroatoms. The van der Waals surface area contributed by atoms with E-state index in [1.807, 2.05) is 22.6 Å². The molecule has 0 aromatic heterocycles. The van der Waals surface area contributed by atoms with Gasteiger partial charge in [0.2, 0.25) is 0 Å². The average Bonchev–Trinajstić information content (AvgIpc) is 2.72. The van der Waals surface area contributed by atoms with Gasteiger partial charge in [-0.25, -0.2) is 4.79 Å². The van der Waals surface area contributed by atoms with E-state index in [0.717, 1.165) is 6.07 Å². The van der Waals surface area contributed by atoms with Crippen LogP contribution in [0.25, 0.3) is 0 Å². The Morgan fingerprint density at radius 2 is 2.03 bits per heavy atom. The Labute approximate surface area is 193 Å². The Morgan fingerprint density at radius 1 is 1.31 bits per heavy atom. The number of alkyl halides is 3. The zero-order chi connectivity index (χ0) is 23.9. The van der Waals surface area contributed by atoms with Gasteiger partial charge < -0.3 is 14.2 Å². The first kappa shape index (κ1) is 25.2. The molecule has 0 fully saturated rings. The van der Waals surface area contributed by atoms with E-state index in [1.54, 1.807) is 13.0 Å². The normalized spacial score (nSPS) is 11.3. The first-order chi connectivity index (χ1) is 15.1. The second kappa shape index (κ2) is 11.0. The molecule has 2 aromatic rings. The van der Waals surface area contributed by atoms with Crippen LogP contribution in [0, 0.1) is 13.7 Å². The highest BCUT2D eigenvalue weighted by atomic mass is 127. The molecule has 172 valence electrons. The number of carbonyl (C=O) groups is 1. The van der Waals surface area contributed by atoms with Gasteiger partial charge in [0.1, 0.15) is 5.69 Å². The molecular weight excluding hydrogens is 550 g/mol. The molecule has 0 amide bonds. The first-order valence-corrected chi connectivity index (χ1v) is 9.95. The molecular formula is C19H17F3IN3O6. The Bertz CT molecular complexity index is 1030. The number of nitro benzene ring substituents is 1. The van der Waals surface area contributed by atoms with Gasteiger partial charge in [-0.3, -0.25) is 15.5 Å². The topological polar surface area (TPSA) is 112 Å². The molecule has 0 aliphatic rings. The van der Waals surface area contributed by atoms with Crippen molar-refractivity contribution in [3.8, 4) is 11.5 Å². The highest BCUT2D eigenvalue weighted by Gasteiger charge is 2.33. The van der Waals surface area contributed by atoms with Crippen LogP contribution in [0.5, 0.6) is 11.5 Å². The van der Waals surface area contributed by atoms with Crippen LogP contribution in [0.1, 0.15) is 18.1 Å². The number of hydrogen-bond donors (Lipinski definition) is 1. The fourth-order valence-electron chi connectivity index (χ4n) is 2.42. The third kappa shape index (κ3) is 6.70. The number of benzene rings is 2. The number of hydrogen-bond acceptors (Lipinski definition) is 8. The Hall–Kier alpha value is -3.10. The summed E-state index contributed by atoms with van der Waals surface area (Å²) in [6.45, 7) is 1.58. The predicted molar refractivity (Wildman–Crippen MR) is 117 cm³/mol. The standard InChI is InChI=1S/C19H17F3IN3O6/c1-3-31-17(27)10-32-18-13(23)6-11(7-16(18)30-2)9-24-25-14-5-4-12(19(20,21)22)8-15(14)26(28)29/h4-9,25H,3,10H2,1-2H3/b24-9-. The van der Waals surface area contributed by atoms with Crippen LogP contribution in [0.15, 0.2) is 35.4 Å². The molecule has 0 aliphatic heterocycles. The largest absolute Gasteiger partial charge is 0.493 e. The quantitative estimate of drug-likeness (QED) is 0.155. The third-order valence-electron chi connectivity index (χ3n) is 3.81. The lowest BCUT2D eigenvalue weighted by atomic mass is 10.1. The van der Waals surface area contributed by atoms with Crippen molar-refractivity contribution in [1.29, 1.82) is 0 Å². The molecule has 0 bridgehead atoms. The molecule has 32 heavy (non-hydrogen) atoms. The van der Waals surface area contributed by atoms with Crippen LogP contribution < -0.4 is 14.9 Å². The minimum atomic E-state index is -4.71. The fraction of sp³-hybridized carbons (Fsp3) is 0.263. The van der Waals surface area contributed by atoms with Crippen LogP contribution >= 0.6 is 22.6 Å². The fourth-order valence-corrected chi connectivity index (χ4v) is 3.20. The van der Waals surface area contributed by atoms with Gasteiger partial charge in [-0.1, -0.05) is 0 Å². The number of esters is 1. The molecule has 9 nitrogen and oxygen atoms in total. The lowest BCUT2D eigenvalue weighted by molar-refractivity contribution is -0.384. The number of carbonyl (C=O) groups excluding carboxylic acids is 1. The van der Waals surface area contributed by atoms with E-state index in [2.05, 4.69) is 10.5 Å². The average molecular weight is 567 g/mol. The van der Waals surface area contributed by atoms with Crippen molar-refractivity contribution in [1.82, 2.24) is 0 Å². The Kier molecular flexibility index (Phi) is 8.63. The first-order valence-electron chi connectivity index (χ1n) is 8.87. The summed E-state index contributed by atoms with van der Waals surface area (Å²) >= 11 is 1.96. The van der Waals surface area contributed by atoms with Crippen molar-refractivity contribution in [3.63, 3.8) is 0 Å². The summed E-state index contributed by atoms with van der Waals surface area (Å²) in [5.41, 5.74) is 0.743. The molecule has 0 spiro atoms. The SMILES string of the molecule is CCOC(=O)COc1c(I)cc(/C=N\Nc2ccc(C(F)(F)F)cc2[N+](=O)[O-])cc1OC. The summed E-state index contributed by atoms with van der Waals surface area (Å²) in [5.74, 6) is 0.0612. The summed E-state index contributed by atoms with van der Waals surface area (Å²) in [7, 11) is 1.40. The number of nitro groups is 1. The van der Waals surface area contributed by atoms with Crippen molar-refractivity contribution in [2.45, 2.75) is 13.1 Å². The summed E-state index contributed by atoms with van der Waals surface area (Å²) in [5, 5.41) is 15.0. The zero-order valence-corrected chi connectivity index (χ0v) is 18.9. The molecule has 0 atom stereocenters. The summed E-state index contributed by atoms with van der Waals surface area (Å²) in [6, 6.07) is 5.24. The second-order valence-corrected chi connectivity index (χ2v) is 7.15. The van der Waals surface area contributed by atoms with Crippen LogP contribution in [-0.4, -0.2) is 37.4 Å².